The Morgan fingerprint density at radius 2 is 1.48 bits per heavy atom. The second-order valence-electron chi connectivity index (χ2n) is 10.7. The van der Waals surface area contributed by atoms with Crippen LogP contribution in [-0.2, 0) is 32.6 Å². The van der Waals surface area contributed by atoms with E-state index in [2.05, 4.69) is 5.32 Å². The molecule has 0 bridgehead atoms. The molecule has 4 aromatic rings. The minimum absolute atomic E-state index is 0.0220. The van der Waals surface area contributed by atoms with Gasteiger partial charge in [0.05, 0.1) is 10.6 Å². The summed E-state index contributed by atoms with van der Waals surface area (Å²) in [6.07, 6.45) is 0.126. The van der Waals surface area contributed by atoms with Crippen LogP contribution in [0, 0.1) is 12.7 Å². The lowest BCUT2D eigenvalue weighted by Gasteiger charge is -2.34. The van der Waals surface area contributed by atoms with E-state index in [0.717, 1.165) is 9.87 Å². The summed E-state index contributed by atoms with van der Waals surface area (Å²) in [7, 11) is -4.27. The zero-order valence-corrected chi connectivity index (χ0v) is 26.4. The number of anilines is 1. The first kappa shape index (κ1) is 32.7. The van der Waals surface area contributed by atoms with Crippen LogP contribution in [0.5, 0.6) is 0 Å². The second-order valence-corrected chi connectivity index (χ2v) is 13.0. The normalized spacial score (nSPS) is 12.0. The van der Waals surface area contributed by atoms with Crippen LogP contribution in [0.1, 0.15) is 30.5 Å². The summed E-state index contributed by atoms with van der Waals surface area (Å²) < 4.78 is 44.2. The Labute approximate surface area is 263 Å². The molecule has 0 aliphatic carbocycles. The van der Waals surface area contributed by atoms with Crippen LogP contribution < -0.4 is 9.62 Å². The van der Waals surface area contributed by atoms with E-state index in [1.54, 1.807) is 63.2 Å². The monoisotopic (exact) mass is 635 g/mol. The zero-order valence-electron chi connectivity index (χ0n) is 24.8. The molecule has 0 saturated heterocycles. The molecule has 0 fully saturated rings. The van der Waals surface area contributed by atoms with Crippen molar-refractivity contribution in [2.24, 2.45) is 0 Å². The maximum absolute atomic E-state index is 15.0. The number of nitrogens with zero attached hydrogens (tertiary/aromatic N) is 2. The third-order valence-corrected chi connectivity index (χ3v) is 9.30. The summed E-state index contributed by atoms with van der Waals surface area (Å²) in [5.41, 5.74) is 1.64. The predicted molar refractivity (Wildman–Crippen MR) is 171 cm³/mol. The molecule has 0 aliphatic heterocycles. The van der Waals surface area contributed by atoms with E-state index in [1.165, 1.54) is 35.2 Å². The number of benzene rings is 4. The SMILES string of the molecule is Cc1c(Cl)cccc1N(CC(=O)N(Cc1ccccc1F)C(Cc1ccccc1)C(=O)NC(C)C)S(=O)(=O)c1ccccc1. The molecule has 1 N–H and O–H groups in total. The van der Waals surface area contributed by atoms with Gasteiger partial charge < -0.3 is 10.2 Å². The smallest absolute Gasteiger partial charge is 0.264 e. The van der Waals surface area contributed by atoms with Crippen molar-refractivity contribution in [1.82, 2.24) is 10.2 Å². The third kappa shape index (κ3) is 7.84. The number of hydrogen-bond donors (Lipinski definition) is 1. The van der Waals surface area contributed by atoms with Gasteiger partial charge in [-0.2, -0.15) is 0 Å². The number of carbonyl (C=O) groups is 2. The molecule has 2 amide bonds. The highest BCUT2D eigenvalue weighted by molar-refractivity contribution is 7.92. The molecule has 1 unspecified atom stereocenters. The molecule has 1 atom stereocenters. The summed E-state index contributed by atoms with van der Waals surface area (Å²) in [6, 6.07) is 26.4. The topological polar surface area (TPSA) is 86.8 Å². The van der Waals surface area contributed by atoms with Crippen LogP contribution in [0.2, 0.25) is 5.02 Å². The van der Waals surface area contributed by atoms with Gasteiger partial charge in [0, 0.05) is 29.6 Å². The van der Waals surface area contributed by atoms with E-state index in [9.17, 15) is 22.4 Å². The van der Waals surface area contributed by atoms with Gasteiger partial charge in [0.25, 0.3) is 10.0 Å². The molecule has 0 spiro atoms. The molecule has 0 heterocycles. The van der Waals surface area contributed by atoms with Crippen molar-refractivity contribution in [2.45, 2.75) is 50.7 Å². The minimum Gasteiger partial charge on any atom is -0.352 e. The molecule has 0 saturated carbocycles. The number of nitrogens with one attached hydrogen (secondary N) is 1. The summed E-state index contributed by atoms with van der Waals surface area (Å²) in [4.78, 5) is 29.4. The maximum atomic E-state index is 15.0. The first-order valence-electron chi connectivity index (χ1n) is 14.2. The molecule has 4 aromatic carbocycles. The van der Waals surface area contributed by atoms with Gasteiger partial charge in [-0.05, 0) is 62.2 Å². The number of amides is 2. The standard InChI is InChI=1S/C34H35ClFN3O4S/c1-24(2)37-34(41)32(21-26-13-6-4-7-14-26)38(22-27-15-10-11-19-30(27)36)33(40)23-39(31-20-12-18-29(35)25(31)3)44(42,43)28-16-8-5-9-17-28/h4-20,24,32H,21-23H2,1-3H3,(H,37,41). The van der Waals surface area contributed by atoms with Gasteiger partial charge in [-0.25, -0.2) is 12.8 Å². The molecule has 0 aromatic heterocycles. The van der Waals surface area contributed by atoms with Gasteiger partial charge in [0.1, 0.15) is 18.4 Å². The molecule has 4 rings (SSSR count). The van der Waals surface area contributed by atoms with Crippen LogP contribution >= 0.6 is 11.6 Å². The molecule has 10 heteroatoms. The van der Waals surface area contributed by atoms with Gasteiger partial charge in [0.15, 0.2) is 0 Å². The van der Waals surface area contributed by atoms with Crippen LogP contribution in [0.15, 0.2) is 108 Å². The number of rotatable bonds is 12. The molecular weight excluding hydrogens is 601 g/mol. The third-order valence-electron chi connectivity index (χ3n) is 7.12. The summed E-state index contributed by atoms with van der Waals surface area (Å²) in [5.74, 6) is -1.68. The van der Waals surface area contributed by atoms with Crippen molar-refractivity contribution in [3.05, 3.63) is 131 Å². The first-order chi connectivity index (χ1) is 21.0. The van der Waals surface area contributed by atoms with Crippen molar-refractivity contribution in [3.63, 3.8) is 0 Å². The molecule has 44 heavy (non-hydrogen) atoms. The number of halogens is 2. The van der Waals surface area contributed by atoms with Gasteiger partial charge in [0.2, 0.25) is 11.8 Å². The van der Waals surface area contributed by atoms with Gasteiger partial charge >= 0.3 is 0 Å². The van der Waals surface area contributed by atoms with Crippen molar-refractivity contribution < 1.29 is 22.4 Å². The van der Waals surface area contributed by atoms with E-state index in [0.29, 0.717) is 10.6 Å². The molecule has 230 valence electrons. The summed E-state index contributed by atoms with van der Waals surface area (Å²) in [6.45, 7) is 4.35. The van der Waals surface area contributed by atoms with Gasteiger partial charge in [-0.15, -0.1) is 0 Å². The average molecular weight is 636 g/mol. The predicted octanol–water partition coefficient (Wildman–Crippen LogP) is 6.15. The van der Waals surface area contributed by atoms with Gasteiger partial charge in [-0.1, -0.05) is 84.4 Å². The molecular formula is C34H35ClFN3O4S. The average Bonchev–Trinajstić information content (AvgIpc) is 3.00. The van der Waals surface area contributed by atoms with Gasteiger partial charge in [-0.3, -0.25) is 13.9 Å². The number of sulfonamides is 1. The van der Waals surface area contributed by atoms with E-state index in [-0.39, 0.29) is 35.2 Å². The maximum Gasteiger partial charge on any atom is 0.264 e. The van der Waals surface area contributed by atoms with Crippen LogP contribution in [0.4, 0.5) is 10.1 Å². The fraction of sp³-hybridized carbons (Fsp3) is 0.235. The Bertz CT molecular complexity index is 1700. The Kier molecular flexibility index (Phi) is 10.8. The minimum atomic E-state index is -4.27. The molecule has 0 radical (unpaired) electrons. The highest BCUT2D eigenvalue weighted by Crippen LogP contribution is 2.31. The van der Waals surface area contributed by atoms with Crippen molar-refractivity contribution in [1.29, 1.82) is 0 Å². The van der Waals surface area contributed by atoms with Crippen LogP contribution in [-0.4, -0.2) is 43.8 Å². The Morgan fingerprint density at radius 3 is 2.11 bits per heavy atom. The Balaban J connectivity index is 1.84. The highest BCUT2D eigenvalue weighted by atomic mass is 35.5. The van der Waals surface area contributed by atoms with Crippen molar-refractivity contribution in [3.8, 4) is 0 Å². The van der Waals surface area contributed by atoms with Crippen LogP contribution in [0.3, 0.4) is 0 Å². The van der Waals surface area contributed by atoms with E-state index >= 15 is 0 Å². The van der Waals surface area contributed by atoms with E-state index in [4.69, 9.17) is 11.6 Å². The highest BCUT2D eigenvalue weighted by Gasteiger charge is 2.35. The lowest BCUT2D eigenvalue weighted by Crippen LogP contribution is -2.54. The van der Waals surface area contributed by atoms with E-state index < -0.39 is 40.2 Å². The van der Waals surface area contributed by atoms with Crippen molar-refractivity contribution >= 4 is 39.1 Å². The lowest BCUT2D eigenvalue weighted by molar-refractivity contribution is -0.140. The quantitative estimate of drug-likeness (QED) is 0.202. The summed E-state index contributed by atoms with van der Waals surface area (Å²) in [5, 5.41) is 3.20. The van der Waals surface area contributed by atoms with Crippen molar-refractivity contribution in [2.75, 3.05) is 10.8 Å². The number of hydrogen-bond acceptors (Lipinski definition) is 4. The lowest BCUT2D eigenvalue weighted by atomic mass is 10.0. The summed E-state index contributed by atoms with van der Waals surface area (Å²) >= 11 is 6.40. The zero-order chi connectivity index (χ0) is 31.9. The molecule has 0 aliphatic rings. The van der Waals surface area contributed by atoms with E-state index in [1.807, 2.05) is 30.3 Å². The Morgan fingerprint density at radius 1 is 0.864 bits per heavy atom. The Hall–Kier alpha value is -4.21. The fourth-order valence-corrected chi connectivity index (χ4v) is 6.51. The van der Waals surface area contributed by atoms with Crippen LogP contribution in [0.25, 0.3) is 0 Å². The fourth-order valence-electron chi connectivity index (χ4n) is 4.84. The first-order valence-corrected chi connectivity index (χ1v) is 16.0. The molecule has 7 nitrogen and oxygen atoms in total. The second kappa shape index (κ2) is 14.5. The number of carbonyl (C=O) groups excluding carboxylic acids is 2. The largest absolute Gasteiger partial charge is 0.352 e.